The molecule has 1 aromatic carbocycles. The fourth-order valence-corrected chi connectivity index (χ4v) is 4.17. The number of aromatic amines is 2. The van der Waals surface area contributed by atoms with Crippen molar-refractivity contribution in [3.05, 3.63) is 61.6 Å². The predicted octanol–water partition coefficient (Wildman–Crippen LogP) is 1.53. The third-order valence-corrected chi connectivity index (χ3v) is 6.14. The number of fused-ring (bicyclic) bond motifs is 1. The summed E-state index contributed by atoms with van der Waals surface area (Å²) in [5.74, 6) is 0.604. The van der Waals surface area contributed by atoms with E-state index in [0.717, 1.165) is 11.0 Å². The molecule has 1 aliphatic heterocycles. The van der Waals surface area contributed by atoms with Gasteiger partial charge in [0.15, 0.2) is 0 Å². The van der Waals surface area contributed by atoms with E-state index in [1.807, 2.05) is 6.07 Å². The van der Waals surface area contributed by atoms with E-state index in [9.17, 15) is 19.5 Å². The number of nitrogens with one attached hydrogen (secondary N) is 2. The van der Waals surface area contributed by atoms with Crippen molar-refractivity contribution in [1.82, 2.24) is 24.4 Å². The second-order valence-electron chi connectivity index (χ2n) is 8.29. The number of amides is 1. The van der Waals surface area contributed by atoms with Gasteiger partial charge in [0.05, 0.1) is 22.7 Å². The van der Waals surface area contributed by atoms with Crippen molar-refractivity contribution in [2.75, 3.05) is 13.1 Å². The van der Waals surface area contributed by atoms with E-state index in [1.54, 1.807) is 30.9 Å². The zero-order valence-electron chi connectivity index (χ0n) is 17.3. The Morgan fingerprint density at radius 2 is 2.13 bits per heavy atom. The van der Waals surface area contributed by atoms with Gasteiger partial charge in [-0.25, -0.2) is 9.78 Å². The van der Waals surface area contributed by atoms with Crippen LogP contribution in [0, 0.1) is 6.92 Å². The molecule has 3 heterocycles. The highest BCUT2D eigenvalue weighted by molar-refractivity contribution is 6.31. The van der Waals surface area contributed by atoms with Crippen LogP contribution < -0.4 is 11.2 Å². The Morgan fingerprint density at radius 3 is 2.90 bits per heavy atom. The van der Waals surface area contributed by atoms with Crippen molar-refractivity contribution >= 4 is 28.5 Å². The lowest BCUT2D eigenvalue weighted by atomic mass is 9.88. The molecular formula is C21H24ClN5O4. The zero-order valence-corrected chi connectivity index (χ0v) is 18.1. The summed E-state index contributed by atoms with van der Waals surface area (Å²) in [6.07, 6.45) is 2.42. The van der Waals surface area contributed by atoms with Gasteiger partial charge >= 0.3 is 5.69 Å². The SMILES string of the molecule is Cc1cn([C@@H]2CN(C(=O)CCc3nc4ccc(Cl)cc4[nH]3)CC[C@@]2(C)O)c(=O)[nH]c1=O. The summed E-state index contributed by atoms with van der Waals surface area (Å²) >= 11 is 6.00. The molecule has 3 aromatic rings. The highest BCUT2D eigenvalue weighted by atomic mass is 35.5. The number of hydrogen-bond acceptors (Lipinski definition) is 5. The fraction of sp³-hybridized carbons (Fsp3) is 0.429. The Balaban J connectivity index is 1.49. The Kier molecular flexibility index (Phi) is 5.49. The number of likely N-dealkylation sites (tertiary alicyclic amines) is 1. The average molecular weight is 446 g/mol. The molecule has 2 atom stereocenters. The molecule has 4 rings (SSSR count). The predicted molar refractivity (Wildman–Crippen MR) is 116 cm³/mol. The van der Waals surface area contributed by atoms with Crippen LogP contribution in [0.3, 0.4) is 0 Å². The van der Waals surface area contributed by atoms with E-state index in [1.165, 1.54) is 10.8 Å². The number of hydrogen-bond donors (Lipinski definition) is 3. The molecule has 0 aliphatic carbocycles. The van der Waals surface area contributed by atoms with Gasteiger partial charge in [-0.15, -0.1) is 0 Å². The van der Waals surface area contributed by atoms with E-state index in [0.29, 0.717) is 35.8 Å². The molecule has 164 valence electrons. The van der Waals surface area contributed by atoms with Gasteiger partial charge in [0, 0.05) is 42.7 Å². The number of carbonyl (C=O) groups is 1. The first-order valence-corrected chi connectivity index (χ1v) is 10.5. The molecule has 9 nitrogen and oxygen atoms in total. The van der Waals surface area contributed by atoms with Crippen molar-refractivity contribution in [1.29, 1.82) is 0 Å². The molecule has 1 amide bonds. The van der Waals surface area contributed by atoms with Gasteiger partial charge in [-0.3, -0.25) is 19.1 Å². The summed E-state index contributed by atoms with van der Waals surface area (Å²) in [5.41, 5.74) is -0.286. The van der Waals surface area contributed by atoms with Gasteiger partial charge in [0.25, 0.3) is 5.56 Å². The summed E-state index contributed by atoms with van der Waals surface area (Å²) in [5, 5.41) is 11.5. The monoisotopic (exact) mass is 445 g/mol. The van der Waals surface area contributed by atoms with Crippen LogP contribution in [0.4, 0.5) is 0 Å². The van der Waals surface area contributed by atoms with Gasteiger partial charge in [-0.1, -0.05) is 11.6 Å². The molecule has 0 radical (unpaired) electrons. The first kappa shape index (κ1) is 21.3. The van der Waals surface area contributed by atoms with Crippen LogP contribution in [-0.4, -0.2) is 54.1 Å². The van der Waals surface area contributed by atoms with Gasteiger partial charge in [0.1, 0.15) is 5.82 Å². The molecule has 31 heavy (non-hydrogen) atoms. The van der Waals surface area contributed by atoms with Crippen molar-refractivity contribution in [2.24, 2.45) is 0 Å². The molecule has 0 unspecified atom stereocenters. The third kappa shape index (κ3) is 4.28. The van der Waals surface area contributed by atoms with E-state index < -0.39 is 22.9 Å². The van der Waals surface area contributed by atoms with Crippen LogP contribution in [0.2, 0.25) is 5.02 Å². The number of piperidine rings is 1. The minimum Gasteiger partial charge on any atom is -0.388 e. The summed E-state index contributed by atoms with van der Waals surface area (Å²) < 4.78 is 1.32. The molecule has 3 N–H and O–H groups in total. The highest BCUT2D eigenvalue weighted by Gasteiger charge is 2.40. The van der Waals surface area contributed by atoms with Crippen molar-refractivity contribution in [2.45, 2.75) is 44.8 Å². The molecule has 0 bridgehead atoms. The average Bonchev–Trinajstić information content (AvgIpc) is 3.11. The van der Waals surface area contributed by atoms with E-state index in [-0.39, 0.29) is 18.9 Å². The normalized spacial score (nSPS) is 21.5. The number of imidazole rings is 1. The van der Waals surface area contributed by atoms with Crippen molar-refractivity contribution in [3.8, 4) is 0 Å². The maximum atomic E-state index is 12.9. The molecule has 1 saturated heterocycles. The number of aliphatic hydroxyl groups is 1. The Bertz CT molecular complexity index is 1260. The molecule has 1 fully saturated rings. The fourth-order valence-electron chi connectivity index (χ4n) is 3.99. The second-order valence-corrected chi connectivity index (χ2v) is 8.72. The topological polar surface area (TPSA) is 124 Å². The standard InChI is InChI=1S/C21H24ClN5O4/c1-12-10-27(20(30)25-19(12)29)16-11-26(8-7-21(16,2)31)18(28)6-5-17-23-14-4-3-13(22)9-15(14)24-17/h3-4,9-10,16,31H,5-8,11H2,1-2H3,(H,23,24)(H,25,29,30)/t16-,21-/m1/s1. The maximum absolute atomic E-state index is 12.9. The maximum Gasteiger partial charge on any atom is 0.328 e. The summed E-state index contributed by atoms with van der Waals surface area (Å²) in [6.45, 7) is 3.80. The third-order valence-electron chi connectivity index (χ3n) is 5.90. The first-order valence-electron chi connectivity index (χ1n) is 10.1. The van der Waals surface area contributed by atoms with E-state index in [4.69, 9.17) is 11.6 Å². The number of nitrogens with zero attached hydrogens (tertiary/aromatic N) is 3. The van der Waals surface area contributed by atoms with Crippen LogP contribution in [0.5, 0.6) is 0 Å². The molecule has 0 spiro atoms. The van der Waals surface area contributed by atoms with Gasteiger partial charge < -0.3 is 15.0 Å². The van der Waals surface area contributed by atoms with Gasteiger partial charge in [-0.2, -0.15) is 0 Å². The number of aryl methyl sites for hydroxylation is 2. The minimum atomic E-state index is -1.19. The summed E-state index contributed by atoms with van der Waals surface area (Å²) in [7, 11) is 0. The Labute approximate surface area is 182 Å². The molecular weight excluding hydrogens is 422 g/mol. The number of aromatic nitrogens is 4. The smallest absolute Gasteiger partial charge is 0.328 e. The number of H-pyrrole nitrogens is 2. The van der Waals surface area contributed by atoms with Crippen molar-refractivity contribution in [3.63, 3.8) is 0 Å². The lowest BCUT2D eigenvalue weighted by Crippen LogP contribution is -2.55. The lowest BCUT2D eigenvalue weighted by Gasteiger charge is -2.43. The number of carbonyl (C=O) groups excluding carboxylic acids is 1. The minimum absolute atomic E-state index is 0.0896. The van der Waals surface area contributed by atoms with Crippen LogP contribution in [0.1, 0.15) is 37.2 Å². The number of rotatable bonds is 4. The van der Waals surface area contributed by atoms with Crippen LogP contribution in [-0.2, 0) is 11.2 Å². The molecule has 10 heteroatoms. The summed E-state index contributed by atoms with van der Waals surface area (Å²) in [4.78, 5) is 48.5. The van der Waals surface area contributed by atoms with Crippen LogP contribution in [0.25, 0.3) is 11.0 Å². The van der Waals surface area contributed by atoms with Gasteiger partial charge in [-0.05, 0) is 38.5 Å². The second kappa shape index (κ2) is 7.97. The Hall–Kier alpha value is -2.91. The van der Waals surface area contributed by atoms with Crippen LogP contribution in [0.15, 0.2) is 34.0 Å². The summed E-state index contributed by atoms with van der Waals surface area (Å²) in [6, 6.07) is 4.71. The quantitative estimate of drug-likeness (QED) is 0.561. The largest absolute Gasteiger partial charge is 0.388 e. The van der Waals surface area contributed by atoms with Crippen molar-refractivity contribution < 1.29 is 9.90 Å². The highest BCUT2D eigenvalue weighted by Crippen LogP contribution is 2.31. The first-order chi connectivity index (χ1) is 14.6. The molecule has 2 aromatic heterocycles. The number of benzene rings is 1. The lowest BCUT2D eigenvalue weighted by molar-refractivity contribution is -0.138. The number of halogens is 1. The Morgan fingerprint density at radius 1 is 1.35 bits per heavy atom. The molecule has 1 aliphatic rings. The van der Waals surface area contributed by atoms with Crippen LogP contribution >= 0.6 is 11.6 Å². The molecule has 0 saturated carbocycles. The van der Waals surface area contributed by atoms with E-state index >= 15 is 0 Å². The zero-order chi connectivity index (χ0) is 22.3. The van der Waals surface area contributed by atoms with Gasteiger partial charge in [0.2, 0.25) is 5.91 Å². The van der Waals surface area contributed by atoms with E-state index in [2.05, 4.69) is 15.0 Å².